The highest BCUT2D eigenvalue weighted by Gasteiger charge is 2.14. The third-order valence-corrected chi connectivity index (χ3v) is 3.72. The maximum absolute atomic E-state index is 13.7. The van der Waals surface area contributed by atoms with Crippen LogP contribution in [-0.4, -0.2) is 5.91 Å². The zero-order chi connectivity index (χ0) is 17.8. The first-order chi connectivity index (χ1) is 12.0. The number of carbonyl (C=O) groups excluding carboxylic acids is 1. The number of anilines is 1. The van der Waals surface area contributed by atoms with Gasteiger partial charge in [0.25, 0.3) is 5.91 Å². The van der Waals surface area contributed by atoms with Crippen molar-refractivity contribution in [2.45, 2.75) is 20.5 Å². The number of carbonyl (C=O) groups is 1. The first-order valence-corrected chi connectivity index (χ1v) is 7.87. The van der Waals surface area contributed by atoms with E-state index in [1.165, 1.54) is 6.07 Å². The molecule has 25 heavy (non-hydrogen) atoms. The van der Waals surface area contributed by atoms with E-state index in [2.05, 4.69) is 5.32 Å². The topological polar surface area (TPSA) is 51.5 Å². The van der Waals surface area contributed by atoms with E-state index >= 15 is 0 Å². The summed E-state index contributed by atoms with van der Waals surface area (Å²) in [6, 6.07) is 15.4. The van der Waals surface area contributed by atoms with Gasteiger partial charge in [0, 0.05) is 0 Å². The third-order valence-electron chi connectivity index (χ3n) is 3.72. The van der Waals surface area contributed by atoms with Gasteiger partial charge in [0.15, 0.2) is 5.76 Å². The average molecular weight is 339 g/mol. The van der Waals surface area contributed by atoms with Gasteiger partial charge in [-0.05, 0) is 55.3 Å². The SMILES string of the molecule is Cc1ccc(F)c(NC(=O)c2ccc(COc3ccccc3C)o2)c1. The van der Waals surface area contributed by atoms with Crippen LogP contribution in [0.5, 0.6) is 5.75 Å². The van der Waals surface area contributed by atoms with Crippen molar-refractivity contribution in [1.82, 2.24) is 0 Å². The molecule has 1 N–H and O–H groups in total. The summed E-state index contributed by atoms with van der Waals surface area (Å²) < 4.78 is 24.9. The van der Waals surface area contributed by atoms with Crippen LogP contribution in [0, 0.1) is 19.7 Å². The Kier molecular flexibility index (Phi) is 4.84. The van der Waals surface area contributed by atoms with Crippen molar-refractivity contribution in [2.24, 2.45) is 0 Å². The third kappa shape index (κ3) is 4.07. The first-order valence-electron chi connectivity index (χ1n) is 7.87. The molecule has 0 aliphatic heterocycles. The summed E-state index contributed by atoms with van der Waals surface area (Å²) in [6.45, 7) is 3.98. The molecule has 0 radical (unpaired) electrons. The molecule has 0 unspecified atom stereocenters. The summed E-state index contributed by atoms with van der Waals surface area (Å²) in [5.41, 5.74) is 1.99. The molecule has 1 heterocycles. The van der Waals surface area contributed by atoms with Crippen LogP contribution >= 0.6 is 0 Å². The molecular formula is C20H18FNO3. The number of aryl methyl sites for hydroxylation is 2. The Labute approximate surface area is 145 Å². The lowest BCUT2D eigenvalue weighted by Crippen LogP contribution is -2.12. The predicted octanol–water partition coefficient (Wildman–Crippen LogP) is 4.87. The number of ether oxygens (including phenoxy) is 1. The maximum Gasteiger partial charge on any atom is 0.291 e. The molecule has 0 atom stereocenters. The number of para-hydroxylation sites is 1. The molecule has 4 nitrogen and oxygen atoms in total. The van der Waals surface area contributed by atoms with E-state index in [1.807, 2.05) is 38.1 Å². The van der Waals surface area contributed by atoms with Gasteiger partial charge in [0.1, 0.15) is 23.9 Å². The standard InChI is InChI=1S/C20H18FNO3/c1-13-7-9-16(21)17(11-13)22-20(23)19-10-8-15(25-19)12-24-18-6-4-3-5-14(18)2/h3-11H,12H2,1-2H3,(H,22,23). The van der Waals surface area contributed by atoms with Crippen molar-refractivity contribution in [3.63, 3.8) is 0 Å². The number of rotatable bonds is 5. The molecule has 0 fully saturated rings. The molecule has 1 aromatic heterocycles. The lowest BCUT2D eigenvalue weighted by Gasteiger charge is -2.07. The first kappa shape index (κ1) is 16.8. The zero-order valence-electron chi connectivity index (χ0n) is 14.0. The molecule has 0 aliphatic carbocycles. The minimum atomic E-state index is -0.508. The summed E-state index contributed by atoms with van der Waals surface area (Å²) >= 11 is 0. The summed E-state index contributed by atoms with van der Waals surface area (Å²) in [4.78, 5) is 12.2. The van der Waals surface area contributed by atoms with Crippen LogP contribution in [0.3, 0.4) is 0 Å². The number of nitrogens with one attached hydrogen (secondary N) is 1. The molecular weight excluding hydrogens is 321 g/mol. The Hall–Kier alpha value is -3.08. The molecule has 2 aromatic carbocycles. The Balaban J connectivity index is 1.65. The largest absolute Gasteiger partial charge is 0.485 e. The maximum atomic E-state index is 13.7. The van der Waals surface area contributed by atoms with E-state index in [1.54, 1.807) is 24.3 Å². The quantitative estimate of drug-likeness (QED) is 0.722. The van der Waals surface area contributed by atoms with E-state index in [0.29, 0.717) is 5.76 Å². The number of hydrogen-bond acceptors (Lipinski definition) is 3. The van der Waals surface area contributed by atoms with Crippen LogP contribution in [0.2, 0.25) is 0 Å². The second-order valence-electron chi connectivity index (χ2n) is 5.76. The Morgan fingerprint density at radius 2 is 1.92 bits per heavy atom. The van der Waals surface area contributed by atoms with Crippen molar-refractivity contribution in [3.8, 4) is 5.75 Å². The zero-order valence-corrected chi connectivity index (χ0v) is 14.0. The van der Waals surface area contributed by atoms with Crippen LogP contribution in [0.4, 0.5) is 10.1 Å². The number of amides is 1. The van der Waals surface area contributed by atoms with Crippen molar-refractivity contribution >= 4 is 11.6 Å². The van der Waals surface area contributed by atoms with Gasteiger partial charge < -0.3 is 14.5 Å². The van der Waals surface area contributed by atoms with Gasteiger partial charge >= 0.3 is 0 Å². The fraction of sp³-hybridized carbons (Fsp3) is 0.150. The van der Waals surface area contributed by atoms with Gasteiger partial charge in [0.05, 0.1) is 5.69 Å². The second kappa shape index (κ2) is 7.21. The van der Waals surface area contributed by atoms with E-state index in [4.69, 9.17) is 9.15 Å². The number of hydrogen-bond donors (Lipinski definition) is 1. The van der Waals surface area contributed by atoms with E-state index in [9.17, 15) is 9.18 Å². The number of benzene rings is 2. The van der Waals surface area contributed by atoms with Crippen molar-refractivity contribution in [3.05, 3.63) is 83.1 Å². The van der Waals surface area contributed by atoms with Crippen LogP contribution < -0.4 is 10.1 Å². The van der Waals surface area contributed by atoms with Gasteiger partial charge in [-0.3, -0.25) is 4.79 Å². The number of halogens is 1. The minimum absolute atomic E-state index is 0.101. The van der Waals surface area contributed by atoms with Gasteiger partial charge in [-0.1, -0.05) is 24.3 Å². The van der Waals surface area contributed by atoms with Gasteiger partial charge in [-0.15, -0.1) is 0 Å². The van der Waals surface area contributed by atoms with Crippen LogP contribution in [0.1, 0.15) is 27.4 Å². The normalized spacial score (nSPS) is 10.5. The highest BCUT2D eigenvalue weighted by Crippen LogP contribution is 2.20. The highest BCUT2D eigenvalue weighted by molar-refractivity contribution is 6.02. The molecule has 128 valence electrons. The van der Waals surface area contributed by atoms with Crippen LogP contribution in [-0.2, 0) is 6.61 Å². The lowest BCUT2D eigenvalue weighted by atomic mass is 10.2. The van der Waals surface area contributed by atoms with Crippen molar-refractivity contribution in [1.29, 1.82) is 0 Å². The van der Waals surface area contributed by atoms with Crippen LogP contribution in [0.25, 0.3) is 0 Å². The predicted molar refractivity (Wildman–Crippen MR) is 93.3 cm³/mol. The summed E-state index contributed by atoms with van der Waals surface area (Å²) in [5.74, 6) is 0.370. The van der Waals surface area contributed by atoms with E-state index in [0.717, 1.165) is 16.9 Å². The summed E-state index contributed by atoms with van der Waals surface area (Å²) in [6.07, 6.45) is 0. The Morgan fingerprint density at radius 3 is 2.72 bits per heavy atom. The molecule has 5 heteroatoms. The molecule has 0 saturated heterocycles. The number of furan rings is 1. The Bertz CT molecular complexity index is 901. The van der Waals surface area contributed by atoms with Gasteiger partial charge in [-0.2, -0.15) is 0 Å². The fourth-order valence-electron chi connectivity index (χ4n) is 2.36. The van der Waals surface area contributed by atoms with Crippen molar-refractivity contribution in [2.75, 3.05) is 5.32 Å². The second-order valence-corrected chi connectivity index (χ2v) is 5.76. The Morgan fingerprint density at radius 1 is 1.12 bits per heavy atom. The molecule has 1 amide bonds. The monoisotopic (exact) mass is 339 g/mol. The summed E-state index contributed by atoms with van der Waals surface area (Å²) in [5, 5.41) is 2.52. The molecule has 3 rings (SSSR count). The highest BCUT2D eigenvalue weighted by atomic mass is 19.1. The van der Waals surface area contributed by atoms with Crippen LogP contribution in [0.15, 0.2) is 59.0 Å². The van der Waals surface area contributed by atoms with Crippen molar-refractivity contribution < 1.29 is 18.3 Å². The molecule has 0 spiro atoms. The average Bonchev–Trinajstić information content (AvgIpc) is 3.06. The molecule has 0 aliphatic rings. The van der Waals surface area contributed by atoms with E-state index < -0.39 is 11.7 Å². The van der Waals surface area contributed by atoms with Gasteiger partial charge in [-0.25, -0.2) is 4.39 Å². The molecule has 0 bridgehead atoms. The summed E-state index contributed by atoms with van der Waals surface area (Å²) in [7, 11) is 0. The lowest BCUT2D eigenvalue weighted by molar-refractivity contribution is 0.0992. The van der Waals surface area contributed by atoms with E-state index in [-0.39, 0.29) is 18.1 Å². The molecule has 0 saturated carbocycles. The minimum Gasteiger partial charge on any atom is -0.485 e. The fourth-order valence-corrected chi connectivity index (χ4v) is 2.36. The van der Waals surface area contributed by atoms with Gasteiger partial charge in [0.2, 0.25) is 0 Å². The smallest absolute Gasteiger partial charge is 0.291 e. The molecule has 3 aromatic rings.